The number of nitriles is 1. The van der Waals surface area contributed by atoms with Crippen molar-refractivity contribution >= 4 is 15.8 Å². The summed E-state index contributed by atoms with van der Waals surface area (Å²) in [4.78, 5) is 9.92. The van der Waals surface area contributed by atoms with E-state index in [-0.39, 0.29) is 12.2 Å². The summed E-state index contributed by atoms with van der Waals surface area (Å²) in [5.41, 5.74) is 0. The van der Waals surface area contributed by atoms with Gasteiger partial charge >= 0.3 is 5.97 Å². The first-order chi connectivity index (χ1) is 4.98. The van der Waals surface area contributed by atoms with E-state index in [0.29, 0.717) is 0 Å². The first-order valence-corrected chi connectivity index (χ1v) is 4.59. The summed E-state index contributed by atoms with van der Waals surface area (Å²) in [7, 11) is -3.57. The Bertz CT molecular complexity index is 273. The van der Waals surface area contributed by atoms with Crippen LogP contribution in [0.25, 0.3) is 0 Å². The molecule has 0 rings (SSSR count). The van der Waals surface area contributed by atoms with Gasteiger partial charge in [0, 0.05) is 6.42 Å². The smallest absolute Gasteiger partial charge is 0.318 e. The highest BCUT2D eigenvalue weighted by atomic mass is 32.2. The standard InChI is InChI=1S/C5H7NO4S/c6-2-1-3-11(9,10)4-5(7)8/h1,3-4H2,(H,7,8). The van der Waals surface area contributed by atoms with Crippen LogP contribution in [-0.4, -0.2) is 31.0 Å². The number of hydrogen-bond acceptors (Lipinski definition) is 4. The Kier molecular flexibility index (Phi) is 3.54. The van der Waals surface area contributed by atoms with Gasteiger partial charge in [-0.15, -0.1) is 0 Å². The minimum absolute atomic E-state index is 0.157. The summed E-state index contributed by atoms with van der Waals surface area (Å²) in [6.45, 7) is 0. The maximum Gasteiger partial charge on any atom is 0.318 e. The Morgan fingerprint density at radius 3 is 2.45 bits per heavy atom. The van der Waals surface area contributed by atoms with Crippen molar-refractivity contribution in [1.82, 2.24) is 0 Å². The fourth-order valence-corrected chi connectivity index (χ4v) is 1.38. The van der Waals surface area contributed by atoms with Crippen LogP contribution in [0.1, 0.15) is 6.42 Å². The van der Waals surface area contributed by atoms with Crippen molar-refractivity contribution in [3.63, 3.8) is 0 Å². The van der Waals surface area contributed by atoms with Crippen LogP contribution in [0.5, 0.6) is 0 Å². The molecule has 0 amide bonds. The second-order valence-corrected chi connectivity index (χ2v) is 4.08. The Balaban J connectivity index is 4.05. The molecule has 0 aromatic heterocycles. The highest BCUT2D eigenvalue weighted by molar-refractivity contribution is 7.92. The molecular formula is C5H7NO4S. The van der Waals surface area contributed by atoms with Crippen molar-refractivity contribution in [2.75, 3.05) is 11.5 Å². The molecule has 0 aromatic rings. The highest BCUT2D eigenvalue weighted by Gasteiger charge is 2.14. The summed E-state index contributed by atoms with van der Waals surface area (Å²) < 4.78 is 21.3. The molecule has 0 bridgehead atoms. The van der Waals surface area contributed by atoms with Crippen molar-refractivity contribution in [3.8, 4) is 6.07 Å². The Labute approximate surface area is 64.2 Å². The van der Waals surface area contributed by atoms with Gasteiger partial charge in [-0.3, -0.25) is 4.79 Å². The van der Waals surface area contributed by atoms with Crippen molar-refractivity contribution in [2.45, 2.75) is 6.42 Å². The van der Waals surface area contributed by atoms with Crippen LogP contribution in [-0.2, 0) is 14.6 Å². The highest BCUT2D eigenvalue weighted by Crippen LogP contribution is 1.92. The second kappa shape index (κ2) is 3.93. The minimum atomic E-state index is -3.57. The molecule has 0 unspecified atom stereocenters. The lowest BCUT2D eigenvalue weighted by Gasteiger charge is -1.94. The monoisotopic (exact) mass is 177 g/mol. The van der Waals surface area contributed by atoms with Crippen LogP contribution in [0, 0.1) is 11.3 Å². The van der Waals surface area contributed by atoms with E-state index in [4.69, 9.17) is 10.4 Å². The van der Waals surface area contributed by atoms with Gasteiger partial charge in [-0.05, 0) is 0 Å². The third-order valence-electron chi connectivity index (χ3n) is 0.868. The Morgan fingerprint density at radius 1 is 1.55 bits per heavy atom. The van der Waals surface area contributed by atoms with Gasteiger partial charge < -0.3 is 5.11 Å². The molecule has 0 saturated carbocycles. The van der Waals surface area contributed by atoms with E-state index in [0.717, 1.165) is 0 Å². The Morgan fingerprint density at radius 2 is 2.09 bits per heavy atom. The molecule has 0 aliphatic rings. The number of carboxylic acids is 1. The van der Waals surface area contributed by atoms with Crippen LogP contribution in [0.15, 0.2) is 0 Å². The van der Waals surface area contributed by atoms with Crippen molar-refractivity contribution in [2.24, 2.45) is 0 Å². The zero-order valence-electron chi connectivity index (χ0n) is 5.65. The van der Waals surface area contributed by atoms with Crippen molar-refractivity contribution in [3.05, 3.63) is 0 Å². The van der Waals surface area contributed by atoms with Gasteiger partial charge in [-0.1, -0.05) is 0 Å². The lowest BCUT2D eigenvalue weighted by atomic mass is 10.6. The van der Waals surface area contributed by atoms with E-state index in [1.54, 1.807) is 6.07 Å². The quantitative estimate of drug-likeness (QED) is 0.618. The zero-order valence-corrected chi connectivity index (χ0v) is 6.47. The van der Waals surface area contributed by atoms with E-state index in [1.165, 1.54) is 0 Å². The lowest BCUT2D eigenvalue weighted by Crippen LogP contribution is -2.17. The average molecular weight is 177 g/mol. The summed E-state index contributed by atoms with van der Waals surface area (Å²) in [5, 5.41) is 16.1. The molecule has 0 radical (unpaired) electrons. The van der Waals surface area contributed by atoms with Gasteiger partial charge in [0.15, 0.2) is 9.84 Å². The van der Waals surface area contributed by atoms with Crippen LogP contribution in [0.4, 0.5) is 0 Å². The molecule has 62 valence electrons. The second-order valence-electron chi connectivity index (χ2n) is 1.89. The summed E-state index contributed by atoms with van der Waals surface area (Å²) >= 11 is 0. The van der Waals surface area contributed by atoms with E-state index in [1.807, 2.05) is 0 Å². The molecule has 0 saturated heterocycles. The molecule has 0 aromatic carbocycles. The minimum Gasteiger partial charge on any atom is -0.480 e. The van der Waals surface area contributed by atoms with E-state index in [9.17, 15) is 13.2 Å². The molecule has 0 atom stereocenters. The Hall–Kier alpha value is -1.09. The fourth-order valence-electron chi connectivity index (χ4n) is 0.461. The summed E-state index contributed by atoms with van der Waals surface area (Å²) in [6, 6.07) is 1.62. The topological polar surface area (TPSA) is 95.2 Å². The number of rotatable bonds is 4. The molecule has 6 heteroatoms. The molecule has 0 fully saturated rings. The van der Waals surface area contributed by atoms with Crippen LogP contribution in [0.3, 0.4) is 0 Å². The predicted molar refractivity (Wildman–Crippen MR) is 36.5 cm³/mol. The van der Waals surface area contributed by atoms with Gasteiger partial charge in [0.2, 0.25) is 0 Å². The molecule has 11 heavy (non-hydrogen) atoms. The first kappa shape index (κ1) is 9.91. The summed E-state index contributed by atoms with van der Waals surface area (Å²) in [5.74, 6) is -2.66. The molecule has 5 nitrogen and oxygen atoms in total. The van der Waals surface area contributed by atoms with E-state index in [2.05, 4.69) is 0 Å². The summed E-state index contributed by atoms with van der Waals surface area (Å²) in [6.07, 6.45) is -0.157. The van der Waals surface area contributed by atoms with Crippen LogP contribution in [0.2, 0.25) is 0 Å². The number of aliphatic carboxylic acids is 1. The molecular weight excluding hydrogens is 170 g/mol. The molecule has 0 heterocycles. The third-order valence-corrected chi connectivity index (χ3v) is 2.38. The van der Waals surface area contributed by atoms with E-state index < -0.39 is 21.6 Å². The van der Waals surface area contributed by atoms with Gasteiger partial charge in [0.1, 0.15) is 5.75 Å². The molecule has 0 aliphatic carbocycles. The largest absolute Gasteiger partial charge is 0.480 e. The van der Waals surface area contributed by atoms with Crippen molar-refractivity contribution in [1.29, 1.82) is 5.26 Å². The average Bonchev–Trinajstić information content (AvgIpc) is 1.81. The normalized spacial score (nSPS) is 10.5. The molecule has 0 spiro atoms. The van der Waals surface area contributed by atoms with Crippen molar-refractivity contribution < 1.29 is 18.3 Å². The third kappa shape index (κ3) is 5.36. The maximum absolute atomic E-state index is 10.7. The van der Waals surface area contributed by atoms with Gasteiger partial charge in [-0.25, -0.2) is 8.42 Å². The zero-order chi connectivity index (χ0) is 8.91. The number of carbonyl (C=O) groups is 1. The van der Waals surface area contributed by atoms with Gasteiger partial charge in [0.05, 0.1) is 11.8 Å². The van der Waals surface area contributed by atoms with Crippen LogP contribution < -0.4 is 0 Å². The first-order valence-electron chi connectivity index (χ1n) is 2.77. The molecule has 1 N–H and O–H groups in total. The predicted octanol–water partition coefficient (Wildman–Crippen LogP) is -0.601. The number of sulfone groups is 1. The lowest BCUT2D eigenvalue weighted by molar-refractivity contribution is -0.134. The SMILES string of the molecule is N#CCCS(=O)(=O)CC(=O)O. The van der Waals surface area contributed by atoms with Gasteiger partial charge in [0.25, 0.3) is 0 Å². The number of nitrogens with zero attached hydrogens (tertiary/aromatic N) is 1. The maximum atomic E-state index is 10.7. The van der Waals surface area contributed by atoms with E-state index >= 15 is 0 Å². The molecule has 0 aliphatic heterocycles. The van der Waals surface area contributed by atoms with Gasteiger partial charge in [-0.2, -0.15) is 5.26 Å². The fraction of sp³-hybridized carbons (Fsp3) is 0.600. The number of carboxylic acid groups (broad SMARTS) is 1. The van der Waals surface area contributed by atoms with Crippen LogP contribution >= 0.6 is 0 Å². The number of hydrogen-bond donors (Lipinski definition) is 1.